The van der Waals surface area contributed by atoms with Gasteiger partial charge in [0.15, 0.2) is 6.10 Å². The van der Waals surface area contributed by atoms with E-state index in [1.807, 2.05) is 0 Å². The van der Waals surface area contributed by atoms with Crippen LogP contribution in [0.25, 0.3) is 0 Å². The lowest BCUT2D eigenvalue weighted by atomic mass is 10.0. The molecule has 5 heteroatoms. The van der Waals surface area contributed by atoms with E-state index in [4.69, 9.17) is 9.47 Å². The highest BCUT2D eigenvalue weighted by atomic mass is 16.6. The largest absolute Gasteiger partial charge is 0.462 e. The molecule has 0 aliphatic heterocycles. The van der Waals surface area contributed by atoms with Crippen LogP contribution < -0.4 is 0 Å². The summed E-state index contributed by atoms with van der Waals surface area (Å²) in [4.78, 5) is 24.5. The Balaban J connectivity index is 3.42. The van der Waals surface area contributed by atoms with Crippen LogP contribution in [-0.2, 0) is 19.1 Å². The van der Waals surface area contributed by atoms with Crippen molar-refractivity contribution in [3.63, 3.8) is 0 Å². The molecule has 0 radical (unpaired) electrons. The number of aliphatic hydroxyl groups excluding tert-OH is 1. The molecule has 0 aromatic rings. The molecule has 0 amide bonds. The summed E-state index contributed by atoms with van der Waals surface area (Å²) in [6.45, 7) is 4.05. The summed E-state index contributed by atoms with van der Waals surface area (Å²) >= 11 is 0. The third kappa shape index (κ3) is 54.2. The second kappa shape index (κ2) is 56.9. The fourth-order valence-corrected chi connectivity index (χ4v) is 8.49. The van der Waals surface area contributed by atoms with E-state index in [1.54, 1.807) is 0 Å². The number of hydrogen-bond acceptors (Lipinski definition) is 5. The predicted octanol–water partition coefficient (Wildman–Crippen LogP) is 19.4. The zero-order chi connectivity index (χ0) is 47.7. The number of carbonyl (C=O) groups is 2. The zero-order valence-corrected chi connectivity index (χ0v) is 44.0. The molecule has 0 fully saturated rings. The van der Waals surface area contributed by atoms with Gasteiger partial charge in [-0.1, -0.05) is 267 Å². The van der Waals surface area contributed by atoms with Crippen molar-refractivity contribution in [2.75, 3.05) is 13.2 Å². The fraction of sp³-hybridized carbons (Fsp3) is 0.803. The number of esters is 2. The molecule has 1 atom stereocenters. The van der Waals surface area contributed by atoms with Gasteiger partial charge in [-0.2, -0.15) is 0 Å². The van der Waals surface area contributed by atoms with Gasteiger partial charge in [-0.25, -0.2) is 0 Å². The van der Waals surface area contributed by atoms with E-state index in [9.17, 15) is 14.7 Å². The standard InChI is InChI=1S/C61H110O5/c1-3-5-7-9-11-13-15-17-19-21-22-23-24-25-26-27-28-29-30-31-32-33-34-35-36-37-38-40-42-44-46-48-50-52-54-56-61(64)66-59(57-62)58-65-60(63)55-53-51-49-47-45-43-41-39-20-18-16-14-12-10-8-6-4-2/h5,7,11,13,17-20,22-23,59,62H,3-4,6,8-10,12,14-16,21,24-58H2,1-2H3/b7-5-,13-11-,19-17-,20-18-,23-22-. The molecule has 0 aliphatic carbocycles. The average Bonchev–Trinajstić information content (AvgIpc) is 3.32. The molecule has 1 unspecified atom stereocenters. The molecule has 1 N–H and O–H groups in total. The second-order valence-electron chi connectivity index (χ2n) is 19.3. The van der Waals surface area contributed by atoms with Crippen LogP contribution >= 0.6 is 0 Å². The topological polar surface area (TPSA) is 72.8 Å². The van der Waals surface area contributed by atoms with Crippen LogP contribution in [0.3, 0.4) is 0 Å². The van der Waals surface area contributed by atoms with Crippen molar-refractivity contribution in [3.8, 4) is 0 Å². The molecule has 0 aliphatic rings. The summed E-state index contributed by atoms with van der Waals surface area (Å²) in [6, 6.07) is 0. The predicted molar refractivity (Wildman–Crippen MR) is 288 cm³/mol. The van der Waals surface area contributed by atoms with E-state index in [1.165, 1.54) is 205 Å². The summed E-state index contributed by atoms with van der Waals surface area (Å²) < 4.78 is 10.7. The lowest BCUT2D eigenvalue weighted by Crippen LogP contribution is -2.28. The van der Waals surface area contributed by atoms with Crippen molar-refractivity contribution < 1.29 is 24.2 Å². The summed E-state index contributed by atoms with van der Waals surface area (Å²) in [5.41, 5.74) is 0. The molecule has 0 saturated carbocycles. The Bertz CT molecular complexity index is 1130. The van der Waals surface area contributed by atoms with Crippen LogP contribution in [-0.4, -0.2) is 36.4 Å². The second-order valence-corrected chi connectivity index (χ2v) is 19.3. The summed E-state index contributed by atoms with van der Waals surface area (Å²) in [6.07, 6.45) is 76.4. The van der Waals surface area contributed by atoms with Gasteiger partial charge in [0.25, 0.3) is 0 Å². The lowest BCUT2D eigenvalue weighted by molar-refractivity contribution is -0.161. The highest BCUT2D eigenvalue weighted by molar-refractivity contribution is 5.70. The van der Waals surface area contributed by atoms with Crippen LogP contribution in [0.2, 0.25) is 0 Å². The summed E-state index contributed by atoms with van der Waals surface area (Å²) in [7, 11) is 0. The Labute approximate surface area is 411 Å². The molecular weight excluding hydrogens is 813 g/mol. The molecule has 0 spiro atoms. The Hall–Kier alpha value is -2.40. The highest BCUT2D eigenvalue weighted by Gasteiger charge is 2.16. The quantitative estimate of drug-likeness (QED) is 0.0374. The SMILES string of the molecule is CC/C=C\C/C=C\C/C=C\C/C=C\CCCCCCCCCCCCCCCCCCCCCCCCC(=O)OC(CO)COC(=O)CCCCCCCCC/C=C\CCCCCCCC. The van der Waals surface area contributed by atoms with Crippen molar-refractivity contribution in [3.05, 3.63) is 60.8 Å². The molecule has 5 nitrogen and oxygen atoms in total. The van der Waals surface area contributed by atoms with Crippen molar-refractivity contribution >= 4 is 11.9 Å². The van der Waals surface area contributed by atoms with Gasteiger partial charge in [0.1, 0.15) is 6.61 Å². The molecule has 0 heterocycles. The minimum Gasteiger partial charge on any atom is -0.462 e. The van der Waals surface area contributed by atoms with Crippen molar-refractivity contribution in [1.82, 2.24) is 0 Å². The Morgan fingerprint density at radius 1 is 0.364 bits per heavy atom. The molecule has 0 saturated heterocycles. The van der Waals surface area contributed by atoms with Crippen LogP contribution in [0.4, 0.5) is 0 Å². The van der Waals surface area contributed by atoms with Gasteiger partial charge in [0, 0.05) is 12.8 Å². The van der Waals surface area contributed by atoms with Crippen LogP contribution in [0.5, 0.6) is 0 Å². The monoisotopic (exact) mass is 923 g/mol. The molecule has 0 rings (SSSR count). The maximum Gasteiger partial charge on any atom is 0.306 e. The first-order valence-corrected chi connectivity index (χ1v) is 28.8. The van der Waals surface area contributed by atoms with Gasteiger partial charge in [0.2, 0.25) is 0 Å². The number of rotatable bonds is 53. The minimum atomic E-state index is -0.772. The van der Waals surface area contributed by atoms with Crippen molar-refractivity contribution in [2.45, 2.75) is 302 Å². The molecular formula is C61H110O5. The molecule has 66 heavy (non-hydrogen) atoms. The molecule has 384 valence electrons. The van der Waals surface area contributed by atoms with Crippen LogP contribution in [0.1, 0.15) is 296 Å². The van der Waals surface area contributed by atoms with E-state index in [-0.39, 0.29) is 25.2 Å². The average molecular weight is 924 g/mol. The van der Waals surface area contributed by atoms with E-state index in [0.29, 0.717) is 12.8 Å². The number of allylic oxidation sites excluding steroid dienone is 10. The molecule has 0 aromatic carbocycles. The molecule has 0 aromatic heterocycles. The Morgan fingerprint density at radius 2 is 0.652 bits per heavy atom. The van der Waals surface area contributed by atoms with Crippen LogP contribution in [0.15, 0.2) is 60.8 Å². The first-order valence-electron chi connectivity index (χ1n) is 28.8. The van der Waals surface area contributed by atoms with Gasteiger partial charge in [-0.3, -0.25) is 9.59 Å². The third-order valence-corrected chi connectivity index (χ3v) is 12.8. The van der Waals surface area contributed by atoms with Gasteiger partial charge >= 0.3 is 11.9 Å². The third-order valence-electron chi connectivity index (χ3n) is 12.8. The number of ether oxygens (including phenoxy) is 2. The van der Waals surface area contributed by atoms with Gasteiger partial charge in [-0.05, 0) is 77.0 Å². The Morgan fingerprint density at radius 3 is 1.00 bits per heavy atom. The van der Waals surface area contributed by atoms with Crippen LogP contribution in [0, 0.1) is 0 Å². The number of aliphatic hydroxyl groups is 1. The van der Waals surface area contributed by atoms with Gasteiger partial charge in [-0.15, -0.1) is 0 Å². The summed E-state index contributed by atoms with van der Waals surface area (Å²) in [5, 5.41) is 9.64. The fourth-order valence-electron chi connectivity index (χ4n) is 8.49. The first-order chi connectivity index (χ1) is 32.6. The first kappa shape index (κ1) is 63.6. The highest BCUT2D eigenvalue weighted by Crippen LogP contribution is 2.17. The number of unbranched alkanes of at least 4 members (excludes halogenated alkanes) is 35. The van der Waals surface area contributed by atoms with E-state index in [0.717, 1.165) is 64.2 Å². The van der Waals surface area contributed by atoms with Gasteiger partial charge < -0.3 is 14.6 Å². The van der Waals surface area contributed by atoms with E-state index >= 15 is 0 Å². The minimum absolute atomic E-state index is 0.0649. The Kier molecular flexibility index (Phi) is 54.9. The van der Waals surface area contributed by atoms with Crippen molar-refractivity contribution in [2.24, 2.45) is 0 Å². The zero-order valence-electron chi connectivity index (χ0n) is 44.0. The maximum atomic E-state index is 12.3. The number of hydrogen-bond donors (Lipinski definition) is 1. The normalized spacial score (nSPS) is 12.6. The number of carbonyl (C=O) groups excluding carboxylic acids is 2. The lowest BCUT2D eigenvalue weighted by Gasteiger charge is -2.15. The maximum absolute atomic E-state index is 12.3. The van der Waals surface area contributed by atoms with Crippen molar-refractivity contribution in [1.29, 1.82) is 0 Å². The summed E-state index contributed by atoms with van der Waals surface area (Å²) in [5.74, 6) is -0.582. The molecule has 0 bridgehead atoms. The van der Waals surface area contributed by atoms with E-state index in [2.05, 4.69) is 74.6 Å². The van der Waals surface area contributed by atoms with E-state index < -0.39 is 6.10 Å². The smallest absolute Gasteiger partial charge is 0.306 e. The van der Waals surface area contributed by atoms with Gasteiger partial charge in [0.05, 0.1) is 6.61 Å².